The summed E-state index contributed by atoms with van der Waals surface area (Å²) in [6.45, 7) is 1.13. The van der Waals surface area contributed by atoms with Crippen LogP contribution in [0.3, 0.4) is 0 Å². The minimum atomic E-state index is -0.384. The van der Waals surface area contributed by atoms with Crippen LogP contribution in [0.4, 0.5) is 10.1 Å². The fourth-order valence-corrected chi connectivity index (χ4v) is 2.69. The summed E-state index contributed by atoms with van der Waals surface area (Å²) in [6, 6.07) is 4.74. The molecule has 0 saturated carbocycles. The van der Waals surface area contributed by atoms with E-state index in [1.54, 1.807) is 6.07 Å². The molecule has 1 fully saturated rings. The van der Waals surface area contributed by atoms with E-state index in [1.807, 2.05) is 19.0 Å². The first kappa shape index (κ1) is 14.2. The topological polar surface area (TPSA) is 46.9 Å². The fraction of sp³-hybridized carbons (Fsp3) is 0.571. The van der Waals surface area contributed by atoms with Crippen molar-refractivity contribution in [2.24, 2.45) is 0 Å². The number of rotatable bonds is 4. The van der Waals surface area contributed by atoms with Gasteiger partial charge in [0.1, 0.15) is 5.82 Å². The lowest BCUT2D eigenvalue weighted by Gasteiger charge is -2.29. The average molecular weight is 268 g/mol. The van der Waals surface area contributed by atoms with Gasteiger partial charge in [-0.15, -0.1) is 0 Å². The van der Waals surface area contributed by atoms with Crippen molar-refractivity contribution >= 4 is 5.69 Å². The largest absolute Gasteiger partial charge is 0.392 e. The van der Waals surface area contributed by atoms with Gasteiger partial charge in [0.05, 0.1) is 12.7 Å². The van der Waals surface area contributed by atoms with Gasteiger partial charge in [0.15, 0.2) is 0 Å². The Morgan fingerprint density at radius 2 is 2.11 bits per heavy atom. The van der Waals surface area contributed by atoms with E-state index in [-0.39, 0.29) is 24.6 Å². The number of halogens is 1. The third-order valence-electron chi connectivity index (χ3n) is 3.42. The second-order valence-electron chi connectivity index (χ2n) is 5.43. The molecule has 4 nitrogen and oxygen atoms in total. The lowest BCUT2D eigenvalue weighted by Crippen LogP contribution is -2.37. The highest BCUT2D eigenvalue weighted by molar-refractivity contribution is 5.51. The molecule has 1 heterocycles. The minimum Gasteiger partial charge on any atom is -0.392 e. The molecule has 19 heavy (non-hydrogen) atoms. The number of aliphatic hydroxyl groups is 2. The van der Waals surface area contributed by atoms with E-state index in [0.717, 1.165) is 12.2 Å². The predicted molar refractivity (Wildman–Crippen MR) is 72.6 cm³/mol. The summed E-state index contributed by atoms with van der Waals surface area (Å²) < 4.78 is 13.5. The van der Waals surface area contributed by atoms with Crippen LogP contribution in [0.2, 0.25) is 0 Å². The third kappa shape index (κ3) is 3.43. The van der Waals surface area contributed by atoms with E-state index in [9.17, 15) is 9.50 Å². The molecule has 0 radical (unpaired) electrons. The molecular weight excluding hydrogens is 247 g/mol. The van der Waals surface area contributed by atoms with E-state index in [1.165, 1.54) is 12.1 Å². The highest BCUT2D eigenvalue weighted by Crippen LogP contribution is 2.28. The Balaban J connectivity index is 2.25. The van der Waals surface area contributed by atoms with Gasteiger partial charge in [-0.2, -0.15) is 0 Å². The Bertz CT molecular complexity index is 439. The van der Waals surface area contributed by atoms with Crippen molar-refractivity contribution in [2.75, 3.05) is 32.1 Å². The van der Waals surface area contributed by atoms with Crippen molar-refractivity contribution in [1.29, 1.82) is 0 Å². The monoisotopic (exact) mass is 268 g/mol. The first-order chi connectivity index (χ1) is 8.99. The summed E-state index contributed by atoms with van der Waals surface area (Å²) in [4.78, 5) is 4.08. The van der Waals surface area contributed by atoms with E-state index in [4.69, 9.17) is 5.11 Å². The standard InChI is InChI=1S/C14H21FN2O2/c1-16(2)7-13-6-14(19)8-17(13)12-4-10(9-18)3-11(15)5-12/h3-5,13-14,18-19H,6-9H2,1-2H3. The summed E-state index contributed by atoms with van der Waals surface area (Å²) in [5, 5.41) is 19.0. The molecule has 1 aliphatic rings. The van der Waals surface area contributed by atoms with Gasteiger partial charge >= 0.3 is 0 Å². The smallest absolute Gasteiger partial charge is 0.125 e. The fourth-order valence-electron chi connectivity index (χ4n) is 2.69. The predicted octanol–water partition coefficient (Wildman–Crippen LogP) is 0.819. The molecule has 0 amide bonds. The van der Waals surface area contributed by atoms with Gasteiger partial charge in [-0.25, -0.2) is 4.39 Å². The molecule has 2 atom stereocenters. The first-order valence-corrected chi connectivity index (χ1v) is 6.49. The van der Waals surface area contributed by atoms with Crippen molar-refractivity contribution in [3.05, 3.63) is 29.6 Å². The van der Waals surface area contributed by atoms with Crippen molar-refractivity contribution in [3.8, 4) is 0 Å². The Kier molecular flexibility index (Phi) is 4.39. The summed E-state index contributed by atoms with van der Waals surface area (Å²) in [6.07, 6.45) is 0.300. The van der Waals surface area contributed by atoms with Crippen LogP contribution in [0, 0.1) is 5.82 Å². The summed E-state index contributed by atoms with van der Waals surface area (Å²) in [7, 11) is 3.96. The van der Waals surface area contributed by atoms with Crippen molar-refractivity contribution < 1.29 is 14.6 Å². The molecule has 2 unspecified atom stereocenters. The number of anilines is 1. The van der Waals surface area contributed by atoms with Crippen LogP contribution in [-0.2, 0) is 6.61 Å². The Labute approximate surface area is 113 Å². The van der Waals surface area contributed by atoms with Gasteiger partial charge in [-0.3, -0.25) is 0 Å². The Morgan fingerprint density at radius 3 is 2.74 bits per heavy atom. The van der Waals surface area contributed by atoms with E-state index in [0.29, 0.717) is 18.5 Å². The molecule has 1 saturated heterocycles. The molecule has 0 spiro atoms. The van der Waals surface area contributed by atoms with Crippen LogP contribution < -0.4 is 4.90 Å². The third-order valence-corrected chi connectivity index (χ3v) is 3.42. The quantitative estimate of drug-likeness (QED) is 0.849. The van der Waals surface area contributed by atoms with Gasteiger partial charge in [0.25, 0.3) is 0 Å². The summed E-state index contributed by atoms with van der Waals surface area (Å²) in [5.41, 5.74) is 1.28. The van der Waals surface area contributed by atoms with Crippen LogP contribution in [0.25, 0.3) is 0 Å². The second kappa shape index (κ2) is 5.86. The number of hydrogen-bond acceptors (Lipinski definition) is 4. The van der Waals surface area contributed by atoms with Gasteiger partial charge < -0.3 is 20.0 Å². The molecule has 1 aromatic carbocycles. The Hall–Kier alpha value is -1.17. The average Bonchev–Trinajstić information content (AvgIpc) is 2.68. The zero-order valence-corrected chi connectivity index (χ0v) is 11.4. The van der Waals surface area contributed by atoms with E-state index < -0.39 is 0 Å². The van der Waals surface area contributed by atoms with Crippen LogP contribution in [0.5, 0.6) is 0 Å². The molecule has 0 bridgehead atoms. The summed E-state index contributed by atoms with van der Waals surface area (Å²) in [5.74, 6) is -0.355. The second-order valence-corrected chi connectivity index (χ2v) is 5.43. The van der Waals surface area contributed by atoms with Crippen LogP contribution in [-0.4, -0.2) is 54.4 Å². The highest BCUT2D eigenvalue weighted by atomic mass is 19.1. The molecule has 0 aromatic heterocycles. The van der Waals surface area contributed by atoms with Crippen molar-refractivity contribution in [3.63, 3.8) is 0 Å². The van der Waals surface area contributed by atoms with Crippen LogP contribution in [0.15, 0.2) is 18.2 Å². The van der Waals surface area contributed by atoms with E-state index in [2.05, 4.69) is 4.90 Å². The zero-order chi connectivity index (χ0) is 14.0. The highest BCUT2D eigenvalue weighted by Gasteiger charge is 2.31. The molecule has 1 aliphatic heterocycles. The maximum absolute atomic E-state index is 13.5. The molecule has 5 heteroatoms. The zero-order valence-electron chi connectivity index (χ0n) is 11.4. The maximum atomic E-state index is 13.5. The van der Waals surface area contributed by atoms with E-state index >= 15 is 0 Å². The van der Waals surface area contributed by atoms with Crippen LogP contribution >= 0.6 is 0 Å². The maximum Gasteiger partial charge on any atom is 0.125 e. The number of nitrogens with zero attached hydrogens (tertiary/aromatic N) is 2. The number of benzene rings is 1. The molecule has 1 aromatic rings. The normalized spacial score (nSPS) is 23.4. The number of β-amino-alcohol motifs (C(OH)–C–C–N with tert-alkyl or cyclic N) is 1. The SMILES string of the molecule is CN(C)CC1CC(O)CN1c1cc(F)cc(CO)c1. The van der Waals surface area contributed by atoms with Gasteiger partial charge in [0.2, 0.25) is 0 Å². The van der Waals surface area contributed by atoms with Gasteiger partial charge in [0, 0.05) is 24.8 Å². The van der Waals surface area contributed by atoms with Gasteiger partial charge in [-0.05, 0) is 44.3 Å². The minimum absolute atomic E-state index is 0.165. The number of likely N-dealkylation sites (N-methyl/N-ethyl adjacent to an activating group) is 1. The molecule has 2 N–H and O–H groups in total. The number of aliphatic hydroxyl groups excluding tert-OH is 2. The van der Waals surface area contributed by atoms with Crippen LogP contribution in [0.1, 0.15) is 12.0 Å². The molecule has 2 rings (SSSR count). The Morgan fingerprint density at radius 1 is 1.37 bits per heavy atom. The van der Waals surface area contributed by atoms with Crippen molar-refractivity contribution in [2.45, 2.75) is 25.2 Å². The van der Waals surface area contributed by atoms with Gasteiger partial charge in [-0.1, -0.05) is 0 Å². The molecular formula is C14H21FN2O2. The number of hydrogen-bond donors (Lipinski definition) is 2. The lowest BCUT2D eigenvalue weighted by atomic mass is 10.1. The lowest BCUT2D eigenvalue weighted by molar-refractivity contribution is 0.191. The first-order valence-electron chi connectivity index (χ1n) is 6.49. The van der Waals surface area contributed by atoms with Crippen molar-refractivity contribution in [1.82, 2.24) is 4.90 Å². The molecule has 106 valence electrons. The molecule has 0 aliphatic carbocycles. The summed E-state index contributed by atoms with van der Waals surface area (Å²) >= 11 is 0.